The van der Waals surface area contributed by atoms with E-state index in [1.54, 1.807) is 29.5 Å². The van der Waals surface area contributed by atoms with Crippen LogP contribution in [-0.2, 0) is 0 Å². The van der Waals surface area contributed by atoms with E-state index in [1.165, 1.54) is 5.56 Å². The lowest BCUT2D eigenvalue weighted by Crippen LogP contribution is -2.34. The minimum Gasteiger partial charge on any atom is -0.350 e. The maximum absolute atomic E-state index is 12.2. The van der Waals surface area contributed by atoms with Gasteiger partial charge in [0.15, 0.2) is 0 Å². The molecule has 0 saturated heterocycles. The van der Waals surface area contributed by atoms with Crippen molar-refractivity contribution in [3.8, 4) is 0 Å². The summed E-state index contributed by atoms with van der Waals surface area (Å²) < 4.78 is 0.879. The lowest BCUT2D eigenvalue weighted by Gasteiger charge is -2.24. The van der Waals surface area contributed by atoms with E-state index >= 15 is 0 Å². The first-order valence-electron chi connectivity index (χ1n) is 6.41. The van der Waals surface area contributed by atoms with E-state index in [9.17, 15) is 4.79 Å². The van der Waals surface area contributed by atoms with Crippen LogP contribution in [0, 0.1) is 3.57 Å². The van der Waals surface area contributed by atoms with Crippen LogP contribution in [-0.4, -0.2) is 31.4 Å². The fraction of sp³-hybridized carbons (Fsp3) is 0.267. The van der Waals surface area contributed by atoms with Gasteiger partial charge < -0.3 is 10.2 Å². The Morgan fingerprint density at radius 2 is 2.19 bits per heavy atom. The molecule has 112 valence electrons. The Bertz CT molecular complexity index is 616. The van der Waals surface area contributed by atoms with Crippen LogP contribution in [0.3, 0.4) is 0 Å². The average Bonchev–Trinajstić information content (AvgIpc) is 2.95. The van der Waals surface area contributed by atoms with Crippen LogP contribution in [0.5, 0.6) is 0 Å². The highest BCUT2D eigenvalue weighted by atomic mass is 127. The van der Waals surface area contributed by atoms with Crippen LogP contribution >= 0.6 is 45.5 Å². The van der Waals surface area contributed by atoms with Gasteiger partial charge in [-0.25, -0.2) is 0 Å². The van der Waals surface area contributed by atoms with Crippen LogP contribution in [0.4, 0.5) is 0 Å². The first kappa shape index (κ1) is 16.7. The summed E-state index contributed by atoms with van der Waals surface area (Å²) in [6, 6.07) is 7.56. The van der Waals surface area contributed by atoms with Gasteiger partial charge in [0.25, 0.3) is 5.91 Å². The Morgan fingerprint density at radius 3 is 2.76 bits per heavy atom. The number of nitrogens with one attached hydrogen (secondary N) is 1. The number of benzene rings is 1. The van der Waals surface area contributed by atoms with Crippen molar-refractivity contribution in [3.05, 3.63) is 54.7 Å². The van der Waals surface area contributed by atoms with E-state index in [0.29, 0.717) is 17.1 Å². The summed E-state index contributed by atoms with van der Waals surface area (Å²) in [5, 5.41) is 7.82. The molecule has 1 heterocycles. The summed E-state index contributed by atoms with van der Waals surface area (Å²) in [5.41, 5.74) is 1.85. The second-order valence-corrected chi connectivity index (χ2v) is 7.22. The zero-order valence-electron chi connectivity index (χ0n) is 11.8. The Labute approximate surface area is 147 Å². The van der Waals surface area contributed by atoms with Crippen molar-refractivity contribution in [1.82, 2.24) is 10.2 Å². The first-order chi connectivity index (χ1) is 9.99. The Hall–Kier alpha value is -0.630. The molecule has 0 spiro atoms. The molecule has 0 aliphatic rings. The molecule has 1 aromatic heterocycles. The fourth-order valence-electron chi connectivity index (χ4n) is 1.99. The Balaban J connectivity index is 2.03. The van der Waals surface area contributed by atoms with E-state index in [-0.39, 0.29) is 11.9 Å². The van der Waals surface area contributed by atoms with E-state index < -0.39 is 0 Å². The van der Waals surface area contributed by atoms with E-state index in [1.807, 2.05) is 14.1 Å². The topological polar surface area (TPSA) is 32.3 Å². The van der Waals surface area contributed by atoms with Crippen molar-refractivity contribution < 1.29 is 4.79 Å². The lowest BCUT2D eigenvalue weighted by atomic mass is 10.1. The Kier molecular flexibility index (Phi) is 6.04. The number of nitrogens with zero attached hydrogens (tertiary/aromatic N) is 1. The van der Waals surface area contributed by atoms with Crippen LogP contribution < -0.4 is 5.32 Å². The first-order valence-corrected chi connectivity index (χ1v) is 8.80. The van der Waals surface area contributed by atoms with Crippen LogP contribution in [0.25, 0.3) is 0 Å². The highest BCUT2D eigenvalue weighted by Gasteiger charge is 2.16. The van der Waals surface area contributed by atoms with Gasteiger partial charge in [-0.15, -0.1) is 0 Å². The minimum absolute atomic E-state index is 0.0772. The fourth-order valence-corrected chi connectivity index (χ4v) is 3.33. The van der Waals surface area contributed by atoms with Crippen molar-refractivity contribution in [1.29, 1.82) is 0 Å². The van der Waals surface area contributed by atoms with Crippen molar-refractivity contribution >= 4 is 51.4 Å². The molecule has 0 aliphatic carbocycles. The van der Waals surface area contributed by atoms with Crippen molar-refractivity contribution in [2.75, 3.05) is 20.6 Å². The van der Waals surface area contributed by atoms with Gasteiger partial charge in [0, 0.05) is 15.7 Å². The summed E-state index contributed by atoms with van der Waals surface area (Å²) in [6.07, 6.45) is 0. The molecule has 1 amide bonds. The van der Waals surface area contributed by atoms with Gasteiger partial charge in [0.05, 0.1) is 11.1 Å². The molecule has 0 bridgehead atoms. The van der Waals surface area contributed by atoms with Crippen molar-refractivity contribution in [2.24, 2.45) is 0 Å². The SMILES string of the molecule is CN(C)C(CNC(=O)c1ccc(Cl)c(I)c1)c1ccsc1. The predicted molar refractivity (Wildman–Crippen MR) is 97.2 cm³/mol. The van der Waals surface area contributed by atoms with Gasteiger partial charge in [-0.05, 0) is 77.3 Å². The van der Waals surface area contributed by atoms with Crippen molar-refractivity contribution in [3.63, 3.8) is 0 Å². The van der Waals surface area contributed by atoms with Gasteiger partial charge in [0.2, 0.25) is 0 Å². The van der Waals surface area contributed by atoms with Gasteiger partial charge in [0.1, 0.15) is 0 Å². The number of amides is 1. The highest BCUT2D eigenvalue weighted by molar-refractivity contribution is 14.1. The predicted octanol–water partition coefficient (Wildman–Crippen LogP) is 4.04. The number of thiophene rings is 1. The molecular weight excluding hydrogens is 419 g/mol. The maximum atomic E-state index is 12.2. The molecule has 0 fully saturated rings. The zero-order chi connectivity index (χ0) is 15.4. The molecule has 1 N–H and O–H groups in total. The summed E-state index contributed by atoms with van der Waals surface area (Å²) in [4.78, 5) is 14.3. The van der Waals surface area contributed by atoms with Gasteiger partial charge >= 0.3 is 0 Å². The molecule has 1 aromatic carbocycles. The molecule has 21 heavy (non-hydrogen) atoms. The molecule has 6 heteroatoms. The van der Waals surface area contributed by atoms with E-state index in [0.717, 1.165) is 3.57 Å². The molecule has 2 aromatic rings. The van der Waals surface area contributed by atoms with Crippen molar-refractivity contribution in [2.45, 2.75) is 6.04 Å². The second-order valence-electron chi connectivity index (χ2n) is 4.88. The molecule has 0 aliphatic heterocycles. The van der Waals surface area contributed by atoms with Crippen LogP contribution in [0.15, 0.2) is 35.0 Å². The number of carbonyl (C=O) groups excluding carboxylic acids is 1. The molecule has 2 rings (SSSR count). The quantitative estimate of drug-likeness (QED) is 0.721. The molecule has 0 saturated carbocycles. The van der Waals surface area contributed by atoms with Crippen LogP contribution in [0.2, 0.25) is 5.02 Å². The third-order valence-electron chi connectivity index (χ3n) is 3.19. The average molecular weight is 435 g/mol. The molecule has 1 atom stereocenters. The smallest absolute Gasteiger partial charge is 0.251 e. The normalized spacial score (nSPS) is 12.4. The van der Waals surface area contributed by atoms with E-state index in [4.69, 9.17) is 11.6 Å². The number of likely N-dealkylation sites (N-methyl/N-ethyl adjacent to an activating group) is 1. The highest BCUT2D eigenvalue weighted by Crippen LogP contribution is 2.21. The molecular formula is C15H16ClIN2OS. The number of rotatable bonds is 5. The Morgan fingerprint density at radius 1 is 1.43 bits per heavy atom. The zero-order valence-corrected chi connectivity index (χ0v) is 15.5. The number of hydrogen-bond donors (Lipinski definition) is 1. The summed E-state index contributed by atoms with van der Waals surface area (Å²) in [7, 11) is 4.03. The number of carbonyl (C=O) groups is 1. The minimum atomic E-state index is -0.0772. The molecule has 0 radical (unpaired) electrons. The monoisotopic (exact) mass is 434 g/mol. The van der Waals surface area contributed by atoms with Gasteiger partial charge in [-0.3, -0.25) is 4.79 Å². The third kappa shape index (κ3) is 4.42. The van der Waals surface area contributed by atoms with Gasteiger partial charge in [-0.2, -0.15) is 11.3 Å². The summed E-state index contributed by atoms with van der Waals surface area (Å²) in [5.74, 6) is -0.0772. The molecule has 3 nitrogen and oxygen atoms in total. The van der Waals surface area contributed by atoms with E-state index in [2.05, 4.69) is 49.6 Å². The largest absolute Gasteiger partial charge is 0.350 e. The summed E-state index contributed by atoms with van der Waals surface area (Å²) in [6.45, 7) is 0.571. The third-order valence-corrected chi connectivity index (χ3v) is 5.43. The maximum Gasteiger partial charge on any atom is 0.251 e. The molecule has 1 unspecified atom stereocenters. The number of hydrogen-bond acceptors (Lipinski definition) is 3. The second kappa shape index (κ2) is 7.58. The van der Waals surface area contributed by atoms with Gasteiger partial charge in [-0.1, -0.05) is 11.6 Å². The van der Waals surface area contributed by atoms with Crippen LogP contribution in [0.1, 0.15) is 22.0 Å². The number of halogens is 2. The standard InChI is InChI=1S/C15H16ClIN2OS/c1-19(2)14(11-5-6-21-9-11)8-18-15(20)10-3-4-12(16)13(17)7-10/h3-7,9,14H,8H2,1-2H3,(H,18,20). The lowest BCUT2D eigenvalue weighted by molar-refractivity contribution is 0.0942. The summed E-state index contributed by atoms with van der Waals surface area (Å²) >= 11 is 9.77.